The van der Waals surface area contributed by atoms with E-state index in [-0.39, 0.29) is 12.5 Å². The van der Waals surface area contributed by atoms with Gasteiger partial charge in [-0.05, 0) is 42.3 Å². The molecule has 2 N–H and O–H groups in total. The van der Waals surface area contributed by atoms with Crippen molar-refractivity contribution in [2.24, 2.45) is 5.92 Å². The van der Waals surface area contributed by atoms with E-state index in [1.165, 1.54) is 0 Å². The molecule has 0 saturated carbocycles. The van der Waals surface area contributed by atoms with Crippen LogP contribution >= 0.6 is 11.3 Å². The average molecular weight is 330 g/mol. The van der Waals surface area contributed by atoms with E-state index >= 15 is 0 Å². The van der Waals surface area contributed by atoms with E-state index in [2.05, 4.69) is 16.3 Å². The zero-order valence-electron chi connectivity index (χ0n) is 13.1. The maximum atomic E-state index is 12.3. The first kappa shape index (κ1) is 16.0. The highest BCUT2D eigenvalue weighted by Gasteiger charge is 2.20. The van der Waals surface area contributed by atoms with Gasteiger partial charge in [0.25, 0.3) is 0 Å². The predicted molar refractivity (Wildman–Crippen MR) is 95.1 cm³/mol. The molecular weight excluding hydrogens is 308 g/mol. The molecule has 1 aliphatic rings. The van der Waals surface area contributed by atoms with Gasteiger partial charge in [-0.3, -0.25) is 4.79 Å². The van der Waals surface area contributed by atoms with Crippen LogP contribution in [-0.2, 0) is 11.2 Å². The number of carbonyl (C=O) groups excluding carboxylic acids is 1. The first-order valence-electron chi connectivity index (χ1n) is 8.03. The zero-order chi connectivity index (χ0) is 16.1. The molecule has 4 nitrogen and oxygen atoms in total. The Kier molecular flexibility index (Phi) is 5.31. The lowest BCUT2D eigenvalue weighted by Crippen LogP contribution is -2.35. The number of aliphatic hydroxyl groups is 1. The molecule has 3 rings (SSSR count). The lowest BCUT2D eigenvalue weighted by Gasteiger charge is -2.34. The maximum absolute atomic E-state index is 12.3. The number of anilines is 2. The van der Waals surface area contributed by atoms with Crippen LogP contribution in [0.2, 0.25) is 0 Å². The number of benzene rings is 1. The monoisotopic (exact) mass is 330 g/mol. The van der Waals surface area contributed by atoms with Gasteiger partial charge in [0, 0.05) is 24.6 Å². The summed E-state index contributed by atoms with van der Waals surface area (Å²) in [5.41, 5.74) is 1.94. The average Bonchev–Trinajstić information content (AvgIpc) is 3.08. The normalized spacial score (nSPS) is 15.6. The lowest BCUT2D eigenvalue weighted by atomic mass is 9.97. The number of nitrogens with one attached hydrogen (secondary N) is 1. The molecule has 5 heteroatoms. The number of thiophene rings is 1. The van der Waals surface area contributed by atoms with Crippen molar-refractivity contribution < 1.29 is 9.90 Å². The summed E-state index contributed by atoms with van der Waals surface area (Å²) in [6, 6.07) is 11.9. The minimum Gasteiger partial charge on any atom is -0.396 e. The van der Waals surface area contributed by atoms with Crippen LogP contribution in [0.3, 0.4) is 0 Å². The molecule has 1 fully saturated rings. The van der Waals surface area contributed by atoms with Gasteiger partial charge < -0.3 is 15.3 Å². The van der Waals surface area contributed by atoms with E-state index in [1.54, 1.807) is 11.3 Å². The van der Waals surface area contributed by atoms with Gasteiger partial charge >= 0.3 is 0 Å². The molecule has 0 radical (unpaired) electrons. The minimum atomic E-state index is 0.0187. The second kappa shape index (κ2) is 7.62. The Morgan fingerprint density at radius 3 is 2.70 bits per heavy atom. The van der Waals surface area contributed by atoms with Crippen LogP contribution in [0.4, 0.5) is 11.4 Å². The molecule has 23 heavy (non-hydrogen) atoms. The molecule has 2 heterocycles. The second-order valence-electron chi connectivity index (χ2n) is 5.93. The Morgan fingerprint density at radius 2 is 2.00 bits per heavy atom. The molecule has 0 atom stereocenters. The van der Waals surface area contributed by atoms with Gasteiger partial charge in [0.15, 0.2) is 0 Å². The smallest absolute Gasteiger partial charge is 0.229 e. The van der Waals surface area contributed by atoms with E-state index in [0.29, 0.717) is 12.3 Å². The van der Waals surface area contributed by atoms with Gasteiger partial charge in [-0.25, -0.2) is 0 Å². The fourth-order valence-corrected chi connectivity index (χ4v) is 3.68. The third-order valence-electron chi connectivity index (χ3n) is 4.31. The first-order chi connectivity index (χ1) is 11.3. The van der Waals surface area contributed by atoms with Crippen molar-refractivity contribution >= 4 is 28.6 Å². The molecule has 1 amide bonds. The molecule has 122 valence electrons. The molecule has 0 spiro atoms. The summed E-state index contributed by atoms with van der Waals surface area (Å²) in [6.07, 6.45) is 2.40. The number of carbonyl (C=O) groups is 1. The number of para-hydroxylation sites is 2. The highest BCUT2D eigenvalue weighted by atomic mass is 32.1. The lowest BCUT2D eigenvalue weighted by molar-refractivity contribution is -0.115. The summed E-state index contributed by atoms with van der Waals surface area (Å²) in [4.78, 5) is 15.6. The predicted octanol–water partition coefficient (Wildman–Crippen LogP) is 3.14. The quantitative estimate of drug-likeness (QED) is 0.885. The third-order valence-corrected chi connectivity index (χ3v) is 5.18. The number of rotatable bonds is 5. The molecule has 1 aromatic carbocycles. The summed E-state index contributed by atoms with van der Waals surface area (Å²) in [6.45, 7) is 2.11. The largest absolute Gasteiger partial charge is 0.396 e. The first-order valence-corrected chi connectivity index (χ1v) is 8.91. The minimum absolute atomic E-state index is 0.0187. The molecule has 0 unspecified atom stereocenters. The van der Waals surface area contributed by atoms with Crippen molar-refractivity contribution in [1.82, 2.24) is 0 Å². The van der Waals surface area contributed by atoms with Crippen molar-refractivity contribution in [3.8, 4) is 0 Å². The molecule has 2 aromatic rings. The van der Waals surface area contributed by atoms with Crippen LogP contribution < -0.4 is 10.2 Å². The maximum Gasteiger partial charge on any atom is 0.229 e. The molecule has 0 bridgehead atoms. The second-order valence-corrected chi connectivity index (χ2v) is 6.97. The molecule has 1 aliphatic heterocycles. The summed E-state index contributed by atoms with van der Waals surface area (Å²) >= 11 is 1.60. The molecule has 0 aliphatic carbocycles. The Labute approximate surface area is 140 Å². The van der Waals surface area contributed by atoms with E-state index in [0.717, 1.165) is 42.2 Å². The Morgan fingerprint density at radius 1 is 1.22 bits per heavy atom. The van der Waals surface area contributed by atoms with Crippen molar-refractivity contribution in [1.29, 1.82) is 0 Å². The van der Waals surface area contributed by atoms with Crippen molar-refractivity contribution in [3.63, 3.8) is 0 Å². The van der Waals surface area contributed by atoms with Gasteiger partial charge in [-0.15, -0.1) is 11.3 Å². The van der Waals surface area contributed by atoms with Crippen LogP contribution in [-0.4, -0.2) is 30.7 Å². The Balaban J connectivity index is 1.67. The zero-order valence-corrected chi connectivity index (χ0v) is 13.9. The van der Waals surface area contributed by atoms with Crippen molar-refractivity contribution in [3.05, 3.63) is 46.7 Å². The number of piperidine rings is 1. The fraction of sp³-hybridized carbons (Fsp3) is 0.389. The van der Waals surface area contributed by atoms with Crippen LogP contribution in [0.1, 0.15) is 17.7 Å². The fourth-order valence-electron chi connectivity index (χ4n) is 2.98. The van der Waals surface area contributed by atoms with Crippen LogP contribution in [0.25, 0.3) is 0 Å². The van der Waals surface area contributed by atoms with Crippen molar-refractivity contribution in [2.45, 2.75) is 19.3 Å². The summed E-state index contributed by atoms with van der Waals surface area (Å²) in [5, 5.41) is 14.3. The van der Waals surface area contributed by atoms with Crippen LogP contribution in [0, 0.1) is 5.92 Å². The molecular formula is C18H22N2O2S. The summed E-state index contributed by atoms with van der Waals surface area (Å²) < 4.78 is 0. The van der Waals surface area contributed by atoms with Gasteiger partial charge in [-0.1, -0.05) is 18.2 Å². The van der Waals surface area contributed by atoms with E-state index in [1.807, 2.05) is 35.7 Å². The van der Waals surface area contributed by atoms with Gasteiger partial charge in [-0.2, -0.15) is 0 Å². The van der Waals surface area contributed by atoms with E-state index in [4.69, 9.17) is 0 Å². The van der Waals surface area contributed by atoms with Gasteiger partial charge in [0.05, 0.1) is 17.8 Å². The summed E-state index contributed by atoms with van der Waals surface area (Å²) in [7, 11) is 0. The molecule has 1 saturated heterocycles. The van der Waals surface area contributed by atoms with Crippen LogP contribution in [0.15, 0.2) is 41.8 Å². The SMILES string of the molecule is O=C(Cc1cccs1)Nc1ccccc1N1CCC(CO)CC1. The highest BCUT2D eigenvalue weighted by Crippen LogP contribution is 2.29. The van der Waals surface area contributed by atoms with Gasteiger partial charge in [0.1, 0.15) is 0 Å². The van der Waals surface area contributed by atoms with E-state index in [9.17, 15) is 9.90 Å². The molecule has 1 aromatic heterocycles. The van der Waals surface area contributed by atoms with Gasteiger partial charge in [0.2, 0.25) is 5.91 Å². The standard InChI is InChI=1S/C18H22N2O2S/c21-13-14-7-9-20(10-8-14)17-6-2-1-5-16(17)19-18(22)12-15-4-3-11-23-15/h1-6,11,14,21H,7-10,12-13H2,(H,19,22). The number of hydrogen-bond donors (Lipinski definition) is 2. The topological polar surface area (TPSA) is 52.6 Å². The highest BCUT2D eigenvalue weighted by molar-refractivity contribution is 7.10. The number of aliphatic hydroxyl groups excluding tert-OH is 1. The summed E-state index contributed by atoms with van der Waals surface area (Å²) in [5.74, 6) is 0.428. The number of hydrogen-bond acceptors (Lipinski definition) is 4. The third kappa shape index (κ3) is 4.12. The van der Waals surface area contributed by atoms with E-state index < -0.39 is 0 Å². The Bertz CT molecular complexity index is 634. The number of nitrogens with zero attached hydrogens (tertiary/aromatic N) is 1. The van der Waals surface area contributed by atoms with Crippen molar-refractivity contribution in [2.75, 3.05) is 29.9 Å². The van der Waals surface area contributed by atoms with Crippen LogP contribution in [0.5, 0.6) is 0 Å². The Hall–Kier alpha value is -1.85. The number of amides is 1.